The van der Waals surface area contributed by atoms with Crippen LogP contribution >= 0.6 is 44.3 Å². The van der Waals surface area contributed by atoms with Crippen LogP contribution in [0.15, 0.2) is 63.7 Å². The second-order valence-electron chi connectivity index (χ2n) is 4.99. The van der Waals surface area contributed by atoms with Crippen LogP contribution in [0.2, 0.25) is 0 Å². The minimum absolute atomic E-state index is 0. The number of rotatable bonds is 3. The SMILES string of the molecule is Cl.Nc1nccc(-c2ccc(NC(=O)c3cc(Br)cc(Br)c3)cc2)n1. The molecule has 0 unspecified atom stereocenters. The number of carbonyl (C=O) groups excluding carboxylic acids is 1. The molecule has 1 amide bonds. The molecule has 8 heteroatoms. The standard InChI is InChI=1S/C17H12Br2N4O.ClH/c18-12-7-11(8-13(19)9-12)16(24)22-14-3-1-10(2-4-14)15-5-6-21-17(20)23-15;/h1-9H,(H,22,24)(H2,20,21,23);1H. The van der Waals surface area contributed by atoms with Crippen LogP contribution in [0.5, 0.6) is 0 Å². The Labute approximate surface area is 167 Å². The zero-order valence-corrected chi connectivity index (χ0v) is 16.7. The summed E-state index contributed by atoms with van der Waals surface area (Å²) >= 11 is 6.75. The fourth-order valence-electron chi connectivity index (χ4n) is 2.15. The Morgan fingerprint density at radius 1 is 1.00 bits per heavy atom. The first-order valence-electron chi connectivity index (χ1n) is 6.98. The monoisotopic (exact) mass is 482 g/mol. The van der Waals surface area contributed by atoms with Crippen LogP contribution in [0.1, 0.15) is 10.4 Å². The van der Waals surface area contributed by atoms with E-state index >= 15 is 0 Å². The summed E-state index contributed by atoms with van der Waals surface area (Å²) in [5.41, 5.74) is 8.48. The number of hydrogen-bond donors (Lipinski definition) is 2. The lowest BCUT2D eigenvalue weighted by Crippen LogP contribution is -2.11. The van der Waals surface area contributed by atoms with Gasteiger partial charge >= 0.3 is 0 Å². The molecule has 3 aromatic rings. The summed E-state index contributed by atoms with van der Waals surface area (Å²) in [6, 6.07) is 14.6. The van der Waals surface area contributed by atoms with Gasteiger partial charge in [0.15, 0.2) is 0 Å². The van der Waals surface area contributed by atoms with E-state index in [1.165, 1.54) is 0 Å². The summed E-state index contributed by atoms with van der Waals surface area (Å²) in [7, 11) is 0. The highest BCUT2D eigenvalue weighted by molar-refractivity contribution is 9.11. The molecule has 0 aliphatic rings. The number of carbonyl (C=O) groups is 1. The third-order valence-corrected chi connectivity index (χ3v) is 4.15. The van der Waals surface area contributed by atoms with Crippen molar-refractivity contribution in [3.8, 4) is 11.3 Å². The van der Waals surface area contributed by atoms with Crippen molar-refractivity contribution < 1.29 is 4.79 Å². The van der Waals surface area contributed by atoms with E-state index < -0.39 is 0 Å². The van der Waals surface area contributed by atoms with Crippen LogP contribution in [-0.2, 0) is 0 Å². The van der Waals surface area contributed by atoms with E-state index in [1.807, 2.05) is 30.3 Å². The van der Waals surface area contributed by atoms with Gasteiger partial charge in [-0.1, -0.05) is 44.0 Å². The van der Waals surface area contributed by atoms with Gasteiger partial charge in [-0.15, -0.1) is 12.4 Å². The molecule has 0 atom stereocenters. The number of anilines is 2. The highest BCUT2D eigenvalue weighted by Gasteiger charge is 2.08. The minimum atomic E-state index is -0.184. The van der Waals surface area contributed by atoms with E-state index in [2.05, 4.69) is 47.1 Å². The Balaban J connectivity index is 0.00000225. The fourth-order valence-corrected chi connectivity index (χ4v) is 3.44. The second-order valence-corrected chi connectivity index (χ2v) is 6.82. The molecule has 1 aromatic heterocycles. The first-order chi connectivity index (χ1) is 11.5. The van der Waals surface area contributed by atoms with E-state index in [1.54, 1.807) is 24.4 Å². The Hall–Kier alpha value is -1.96. The maximum absolute atomic E-state index is 12.3. The van der Waals surface area contributed by atoms with Gasteiger partial charge in [0, 0.05) is 32.0 Å². The molecular formula is C17H13Br2ClN4O. The molecule has 0 aliphatic heterocycles. The van der Waals surface area contributed by atoms with E-state index in [9.17, 15) is 4.79 Å². The van der Waals surface area contributed by atoms with Crippen molar-refractivity contribution in [2.75, 3.05) is 11.1 Å². The summed E-state index contributed by atoms with van der Waals surface area (Å²) in [5.74, 6) is 0.0427. The summed E-state index contributed by atoms with van der Waals surface area (Å²) < 4.78 is 1.66. The van der Waals surface area contributed by atoms with E-state index in [0.29, 0.717) is 11.3 Å². The summed E-state index contributed by atoms with van der Waals surface area (Å²) in [6.45, 7) is 0. The number of amides is 1. The molecule has 0 fully saturated rings. The molecular weight excluding hydrogens is 471 g/mol. The summed E-state index contributed by atoms with van der Waals surface area (Å²) in [4.78, 5) is 20.4. The first-order valence-corrected chi connectivity index (χ1v) is 8.56. The van der Waals surface area contributed by atoms with Gasteiger partial charge in [0.2, 0.25) is 5.95 Å². The predicted octanol–water partition coefficient (Wildman–Crippen LogP) is 4.92. The van der Waals surface area contributed by atoms with Gasteiger partial charge in [-0.3, -0.25) is 4.79 Å². The predicted molar refractivity (Wildman–Crippen MR) is 109 cm³/mol. The summed E-state index contributed by atoms with van der Waals surface area (Å²) in [5, 5.41) is 2.86. The maximum atomic E-state index is 12.3. The lowest BCUT2D eigenvalue weighted by Gasteiger charge is -2.08. The molecule has 0 spiro atoms. The van der Waals surface area contributed by atoms with Crippen LogP contribution in [0.25, 0.3) is 11.3 Å². The molecule has 0 bridgehead atoms. The van der Waals surface area contributed by atoms with Gasteiger partial charge in [0.1, 0.15) is 0 Å². The zero-order valence-electron chi connectivity index (χ0n) is 12.7. The van der Waals surface area contributed by atoms with Gasteiger partial charge in [-0.25, -0.2) is 9.97 Å². The van der Waals surface area contributed by atoms with E-state index in [-0.39, 0.29) is 24.3 Å². The molecule has 128 valence electrons. The molecule has 1 heterocycles. The lowest BCUT2D eigenvalue weighted by atomic mass is 10.1. The highest BCUT2D eigenvalue weighted by Crippen LogP contribution is 2.22. The molecule has 2 aromatic carbocycles. The molecule has 0 aliphatic carbocycles. The number of nitrogens with zero attached hydrogens (tertiary/aromatic N) is 2. The van der Waals surface area contributed by atoms with Gasteiger partial charge < -0.3 is 11.1 Å². The molecule has 5 nitrogen and oxygen atoms in total. The number of hydrogen-bond acceptors (Lipinski definition) is 4. The van der Waals surface area contributed by atoms with Crippen molar-refractivity contribution in [1.29, 1.82) is 0 Å². The van der Waals surface area contributed by atoms with Crippen LogP contribution in [0, 0.1) is 0 Å². The molecule has 0 radical (unpaired) electrons. The van der Waals surface area contributed by atoms with Gasteiger partial charge in [-0.2, -0.15) is 0 Å². The van der Waals surface area contributed by atoms with Gasteiger partial charge in [-0.05, 0) is 36.4 Å². The van der Waals surface area contributed by atoms with Crippen molar-refractivity contribution in [2.24, 2.45) is 0 Å². The number of nitrogens with two attached hydrogens (primary N) is 1. The van der Waals surface area contributed by atoms with E-state index in [0.717, 1.165) is 20.2 Å². The Morgan fingerprint density at radius 3 is 2.24 bits per heavy atom. The van der Waals surface area contributed by atoms with Crippen molar-refractivity contribution in [3.63, 3.8) is 0 Å². The number of nitrogens with one attached hydrogen (secondary N) is 1. The average molecular weight is 485 g/mol. The normalized spacial score (nSPS) is 10.0. The largest absolute Gasteiger partial charge is 0.368 e. The molecule has 25 heavy (non-hydrogen) atoms. The van der Waals surface area contributed by atoms with Gasteiger partial charge in [0.25, 0.3) is 5.91 Å². The van der Waals surface area contributed by atoms with Crippen molar-refractivity contribution in [3.05, 3.63) is 69.2 Å². The van der Waals surface area contributed by atoms with Crippen LogP contribution in [-0.4, -0.2) is 15.9 Å². The molecule has 3 rings (SSSR count). The molecule has 0 saturated carbocycles. The van der Waals surface area contributed by atoms with Crippen LogP contribution in [0.4, 0.5) is 11.6 Å². The highest BCUT2D eigenvalue weighted by atomic mass is 79.9. The zero-order chi connectivity index (χ0) is 17.1. The minimum Gasteiger partial charge on any atom is -0.368 e. The number of benzene rings is 2. The van der Waals surface area contributed by atoms with Crippen molar-refractivity contribution >= 4 is 61.8 Å². The smallest absolute Gasteiger partial charge is 0.255 e. The van der Waals surface area contributed by atoms with Crippen LogP contribution < -0.4 is 11.1 Å². The fraction of sp³-hybridized carbons (Fsp3) is 0. The number of halogens is 3. The number of nitrogen functional groups attached to an aromatic ring is 1. The van der Waals surface area contributed by atoms with Crippen molar-refractivity contribution in [1.82, 2.24) is 9.97 Å². The molecule has 3 N–H and O–H groups in total. The first kappa shape index (κ1) is 19.4. The quantitative estimate of drug-likeness (QED) is 0.553. The third-order valence-electron chi connectivity index (χ3n) is 3.24. The average Bonchev–Trinajstić information content (AvgIpc) is 2.54. The lowest BCUT2D eigenvalue weighted by molar-refractivity contribution is 0.102. The van der Waals surface area contributed by atoms with Gasteiger partial charge in [0.05, 0.1) is 5.69 Å². The van der Waals surface area contributed by atoms with Crippen molar-refractivity contribution in [2.45, 2.75) is 0 Å². The number of aromatic nitrogens is 2. The Bertz CT molecular complexity index is 883. The van der Waals surface area contributed by atoms with Crippen LogP contribution in [0.3, 0.4) is 0 Å². The second kappa shape index (κ2) is 8.42. The van der Waals surface area contributed by atoms with E-state index in [4.69, 9.17) is 5.73 Å². The third kappa shape index (κ3) is 5.01. The Morgan fingerprint density at radius 2 is 1.64 bits per heavy atom. The Kier molecular flexibility index (Phi) is 6.52. The maximum Gasteiger partial charge on any atom is 0.255 e. The topological polar surface area (TPSA) is 80.9 Å². The molecule has 0 saturated heterocycles. The summed E-state index contributed by atoms with van der Waals surface area (Å²) in [6.07, 6.45) is 1.61.